The lowest BCUT2D eigenvalue weighted by Gasteiger charge is -2.51. The van der Waals surface area contributed by atoms with Crippen molar-refractivity contribution in [3.05, 3.63) is 293 Å². The lowest BCUT2D eigenvalue weighted by atomic mass is 9.50. The summed E-state index contributed by atoms with van der Waals surface area (Å²) in [5.41, 5.74) is 18.3. The van der Waals surface area contributed by atoms with E-state index in [1.165, 1.54) is 94.0 Å². The highest BCUT2D eigenvalue weighted by Gasteiger charge is 2.57. The summed E-state index contributed by atoms with van der Waals surface area (Å²) in [5, 5.41) is 4.95. The summed E-state index contributed by atoms with van der Waals surface area (Å²) < 4.78 is 0. The van der Waals surface area contributed by atoms with Gasteiger partial charge in [0.1, 0.15) is 0 Å². The topological polar surface area (TPSA) is 3.24 Å². The zero-order valence-corrected chi connectivity index (χ0v) is 36.0. The van der Waals surface area contributed by atoms with E-state index >= 15 is 0 Å². The third-order valence-electron chi connectivity index (χ3n) is 14.7. The van der Waals surface area contributed by atoms with Crippen molar-refractivity contribution in [1.82, 2.24) is 0 Å². The first-order valence-electron chi connectivity index (χ1n) is 23.0. The monoisotopic (exact) mass is 827 g/mol. The Morgan fingerprint density at radius 1 is 0.369 bits per heavy atom. The zero-order chi connectivity index (χ0) is 43.0. The number of hydrogen-bond acceptors (Lipinski definition) is 1. The summed E-state index contributed by atoms with van der Waals surface area (Å²) in [6.07, 6.45) is 6.86. The van der Waals surface area contributed by atoms with Gasteiger partial charge in [0, 0.05) is 16.6 Å². The fourth-order valence-corrected chi connectivity index (χ4v) is 12.2. The van der Waals surface area contributed by atoms with Gasteiger partial charge in [-0.2, -0.15) is 0 Å². The second kappa shape index (κ2) is 14.8. The van der Waals surface area contributed by atoms with Crippen LogP contribution in [0, 0.1) is 0 Å². The lowest BCUT2D eigenvalue weighted by Crippen LogP contribution is -2.45. The maximum absolute atomic E-state index is 2.53. The largest absolute Gasteiger partial charge is 0.309 e. The van der Waals surface area contributed by atoms with Gasteiger partial charge in [-0.25, -0.2) is 0 Å². The summed E-state index contributed by atoms with van der Waals surface area (Å²) in [6, 6.07) is 88.5. The molecular weight excluding hydrogens is 783 g/mol. The van der Waals surface area contributed by atoms with E-state index in [-0.39, 0.29) is 0 Å². The summed E-state index contributed by atoms with van der Waals surface area (Å²) in [6.45, 7) is 0. The van der Waals surface area contributed by atoms with Crippen molar-refractivity contribution in [1.29, 1.82) is 0 Å². The van der Waals surface area contributed by atoms with E-state index in [9.17, 15) is 0 Å². The second-order valence-corrected chi connectivity index (χ2v) is 17.8. The fourth-order valence-electron chi connectivity index (χ4n) is 12.2. The maximum Gasteiger partial charge on any atom is 0.0704 e. The van der Waals surface area contributed by atoms with Crippen LogP contribution in [-0.2, 0) is 10.8 Å². The predicted octanol–water partition coefficient (Wildman–Crippen LogP) is 16.4. The molecule has 0 heterocycles. The standard InChI is InChI=1S/C64H45N/c1-3-24-47(25-4-1)63(48-26-5-2-6-27-48)55-33-13-15-35-57(55)64(58-36-16-14-34-56(58)63)54-32-12-11-30-53(54)62-59(64)37-19-39-61(62)65(60-38-18-23-45-21-8-10-29-52(45)60)49-42-40-46(41-43-49)51-31-17-22-44-20-7-9-28-50(44)51/h1-15,17-35,37-43H,16,36H2. The third-order valence-corrected chi connectivity index (χ3v) is 14.7. The molecule has 0 saturated carbocycles. The molecule has 65 heavy (non-hydrogen) atoms. The Labute approximate surface area is 380 Å². The molecule has 1 spiro atoms. The number of nitrogens with zero attached hydrogens (tertiary/aromatic N) is 1. The van der Waals surface area contributed by atoms with Crippen LogP contribution in [0.15, 0.2) is 260 Å². The highest BCUT2D eigenvalue weighted by Crippen LogP contribution is 2.67. The van der Waals surface area contributed by atoms with Gasteiger partial charge in [-0.1, -0.05) is 224 Å². The Morgan fingerprint density at radius 3 is 1.63 bits per heavy atom. The molecule has 3 aliphatic rings. The van der Waals surface area contributed by atoms with Gasteiger partial charge in [0.15, 0.2) is 0 Å². The van der Waals surface area contributed by atoms with Crippen LogP contribution in [0.2, 0.25) is 0 Å². The molecular formula is C64H45N. The molecule has 0 amide bonds. The number of fused-ring (bicyclic) bond motifs is 10. The Kier molecular flexibility index (Phi) is 8.55. The minimum atomic E-state index is -0.520. The third kappa shape index (κ3) is 5.33. The summed E-state index contributed by atoms with van der Waals surface area (Å²) in [7, 11) is 0. The van der Waals surface area contributed by atoms with Crippen molar-refractivity contribution in [2.75, 3.05) is 4.90 Å². The summed E-state index contributed by atoms with van der Waals surface area (Å²) >= 11 is 0. The lowest BCUT2D eigenvalue weighted by molar-refractivity contribution is 0.583. The van der Waals surface area contributed by atoms with Crippen molar-refractivity contribution < 1.29 is 0 Å². The first-order valence-corrected chi connectivity index (χ1v) is 23.0. The Morgan fingerprint density at radius 2 is 0.892 bits per heavy atom. The molecule has 13 rings (SSSR count). The molecule has 1 nitrogen and oxygen atoms in total. The fraction of sp³-hybridized carbons (Fsp3) is 0.0625. The van der Waals surface area contributed by atoms with E-state index in [2.05, 4.69) is 254 Å². The molecule has 0 saturated heterocycles. The van der Waals surface area contributed by atoms with E-state index in [4.69, 9.17) is 0 Å². The Bertz CT molecular complexity index is 3490. The van der Waals surface area contributed by atoms with E-state index in [0.717, 1.165) is 24.2 Å². The molecule has 0 fully saturated rings. The van der Waals surface area contributed by atoms with Crippen LogP contribution in [0.3, 0.4) is 0 Å². The van der Waals surface area contributed by atoms with Crippen LogP contribution in [0.1, 0.15) is 46.2 Å². The van der Waals surface area contributed by atoms with Gasteiger partial charge in [-0.3, -0.25) is 0 Å². The summed E-state index contributed by atoms with van der Waals surface area (Å²) in [5.74, 6) is 0. The highest BCUT2D eigenvalue weighted by atomic mass is 15.1. The van der Waals surface area contributed by atoms with E-state index < -0.39 is 10.8 Å². The number of allylic oxidation sites excluding steroid dienone is 4. The molecule has 10 aromatic carbocycles. The molecule has 0 bridgehead atoms. The van der Waals surface area contributed by atoms with E-state index in [0.29, 0.717) is 0 Å². The van der Waals surface area contributed by atoms with Crippen LogP contribution in [0.5, 0.6) is 0 Å². The van der Waals surface area contributed by atoms with Crippen molar-refractivity contribution in [3.8, 4) is 22.3 Å². The van der Waals surface area contributed by atoms with Crippen LogP contribution >= 0.6 is 0 Å². The maximum atomic E-state index is 2.53. The summed E-state index contributed by atoms with van der Waals surface area (Å²) in [4.78, 5) is 2.53. The predicted molar refractivity (Wildman–Crippen MR) is 271 cm³/mol. The minimum Gasteiger partial charge on any atom is -0.309 e. The average Bonchev–Trinajstić information content (AvgIpc) is 3.69. The molecule has 1 heteroatoms. The Hall–Kier alpha value is -8.00. The van der Waals surface area contributed by atoms with Crippen LogP contribution in [0.4, 0.5) is 17.1 Å². The van der Waals surface area contributed by atoms with Crippen molar-refractivity contribution in [2.24, 2.45) is 0 Å². The number of benzene rings is 10. The van der Waals surface area contributed by atoms with Gasteiger partial charge >= 0.3 is 0 Å². The smallest absolute Gasteiger partial charge is 0.0704 e. The van der Waals surface area contributed by atoms with E-state index in [1.807, 2.05) is 0 Å². The molecule has 1 atom stereocenters. The molecule has 0 aromatic heterocycles. The van der Waals surface area contributed by atoms with Gasteiger partial charge in [0.05, 0.1) is 22.2 Å². The van der Waals surface area contributed by atoms with Gasteiger partial charge < -0.3 is 4.90 Å². The molecule has 1 unspecified atom stereocenters. The van der Waals surface area contributed by atoms with Crippen LogP contribution in [-0.4, -0.2) is 0 Å². The molecule has 0 N–H and O–H groups in total. The normalized spacial score (nSPS) is 16.6. The minimum absolute atomic E-state index is 0.507. The molecule has 0 radical (unpaired) electrons. The molecule has 306 valence electrons. The van der Waals surface area contributed by atoms with Crippen molar-refractivity contribution in [2.45, 2.75) is 23.7 Å². The molecule has 0 aliphatic heterocycles. The zero-order valence-electron chi connectivity index (χ0n) is 36.0. The highest BCUT2D eigenvalue weighted by molar-refractivity contribution is 6.04. The van der Waals surface area contributed by atoms with Gasteiger partial charge in [0.2, 0.25) is 0 Å². The van der Waals surface area contributed by atoms with Gasteiger partial charge in [-0.15, -0.1) is 0 Å². The SMILES string of the molecule is C1=CC2=C(CC1)C1(c3ccccc3-c3c(N(c4ccc(-c5cccc6ccccc56)cc4)c4cccc5ccccc45)cccc31)c1ccccc1C2(c1ccccc1)c1ccccc1. The van der Waals surface area contributed by atoms with Gasteiger partial charge in [-0.05, 0) is 114 Å². The quantitative estimate of drug-likeness (QED) is 0.161. The first kappa shape index (κ1) is 37.5. The van der Waals surface area contributed by atoms with Crippen molar-refractivity contribution in [3.63, 3.8) is 0 Å². The molecule has 10 aromatic rings. The number of anilines is 3. The average molecular weight is 828 g/mol. The van der Waals surface area contributed by atoms with Gasteiger partial charge in [0.25, 0.3) is 0 Å². The Balaban J connectivity index is 1.11. The number of rotatable bonds is 6. The van der Waals surface area contributed by atoms with Crippen molar-refractivity contribution >= 4 is 38.6 Å². The number of hydrogen-bond donors (Lipinski definition) is 0. The van der Waals surface area contributed by atoms with Crippen LogP contribution in [0.25, 0.3) is 43.8 Å². The van der Waals surface area contributed by atoms with E-state index in [1.54, 1.807) is 0 Å². The van der Waals surface area contributed by atoms with Crippen LogP contribution < -0.4 is 4.90 Å². The molecule has 3 aliphatic carbocycles. The first-order chi connectivity index (χ1) is 32.3. The second-order valence-electron chi connectivity index (χ2n) is 17.8.